The monoisotopic (exact) mass is 332 g/mol. The van der Waals surface area contributed by atoms with E-state index in [4.69, 9.17) is 4.74 Å². The molecular formula is C17H20N2O3S. The van der Waals surface area contributed by atoms with Gasteiger partial charge in [-0.1, -0.05) is 29.8 Å². The summed E-state index contributed by atoms with van der Waals surface area (Å²) in [6, 6.07) is 12.9. The number of hydrogen-bond acceptors (Lipinski definition) is 4. The smallest absolute Gasteiger partial charge is 0.236 e. The van der Waals surface area contributed by atoms with Crippen LogP contribution in [0.1, 0.15) is 11.1 Å². The zero-order valence-corrected chi connectivity index (χ0v) is 14.1. The number of sulfonamides is 1. The average Bonchev–Trinajstić information content (AvgIpc) is 2.46. The van der Waals surface area contributed by atoms with Crippen LogP contribution in [0.15, 0.2) is 42.5 Å². The molecule has 2 aromatic carbocycles. The molecule has 1 heterocycles. The van der Waals surface area contributed by atoms with Crippen molar-refractivity contribution < 1.29 is 13.2 Å². The van der Waals surface area contributed by atoms with Crippen LogP contribution in [-0.4, -0.2) is 28.6 Å². The van der Waals surface area contributed by atoms with E-state index in [9.17, 15) is 8.42 Å². The van der Waals surface area contributed by atoms with Gasteiger partial charge in [-0.2, -0.15) is 0 Å². The maximum absolute atomic E-state index is 12.4. The number of nitrogens with one attached hydrogen (secondary N) is 1. The van der Waals surface area contributed by atoms with Crippen LogP contribution in [0.25, 0.3) is 0 Å². The molecule has 1 aliphatic rings. The highest BCUT2D eigenvalue weighted by Gasteiger charge is 2.17. The van der Waals surface area contributed by atoms with Crippen LogP contribution in [0.5, 0.6) is 5.75 Å². The van der Waals surface area contributed by atoms with Gasteiger partial charge in [0.2, 0.25) is 10.0 Å². The van der Waals surface area contributed by atoms with Gasteiger partial charge >= 0.3 is 0 Å². The van der Waals surface area contributed by atoms with Crippen molar-refractivity contribution in [2.45, 2.75) is 12.7 Å². The maximum Gasteiger partial charge on any atom is 0.236 e. The van der Waals surface area contributed by atoms with E-state index in [1.54, 1.807) is 12.1 Å². The number of aryl methyl sites for hydroxylation is 1. The molecule has 6 heteroatoms. The van der Waals surface area contributed by atoms with Crippen molar-refractivity contribution in [3.8, 4) is 5.75 Å². The van der Waals surface area contributed by atoms with Gasteiger partial charge < -0.3 is 9.64 Å². The Morgan fingerprint density at radius 3 is 2.83 bits per heavy atom. The highest BCUT2D eigenvalue weighted by Crippen LogP contribution is 2.33. The summed E-state index contributed by atoms with van der Waals surface area (Å²) in [6.07, 6.45) is 0. The highest BCUT2D eigenvalue weighted by molar-refractivity contribution is 7.91. The summed E-state index contributed by atoms with van der Waals surface area (Å²) >= 11 is 0. The third-order valence-electron chi connectivity index (χ3n) is 3.77. The van der Waals surface area contributed by atoms with Crippen LogP contribution in [0.4, 0.5) is 11.4 Å². The van der Waals surface area contributed by atoms with Crippen molar-refractivity contribution in [1.82, 2.24) is 0 Å². The SMILES string of the molecule is Cc1cccc(CS(=O)(=O)Nc2ccc3c(c2)OCCN3C)c1. The molecule has 0 unspecified atom stereocenters. The van der Waals surface area contributed by atoms with E-state index in [0.717, 1.165) is 23.4 Å². The molecule has 3 rings (SSSR count). The molecule has 0 radical (unpaired) electrons. The van der Waals surface area contributed by atoms with Gasteiger partial charge in [-0.25, -0.2) is 8.42 Å². The predicted octanol–water partition coefficient (Wildman–Crippen LogP) is 2.77. The minimum absolute atomic E-state index is 0.0491. The lowest BCUT2D eigenvalue weighted by molar-refractivity contribution is 0.311. The van der Waals surface area contributed by atoms with Crippen LogP contribution in [0, 0.1) is 6.92 Å². The lowest BCUT2D eigenvalue weighted by Crippen LogP contribution is -2.28. The van der Waals surface area contributed by atoms with Gasteiger partial charge in [-0.15, -0.1) is 0 Å². The number of ether oxygens (including phenoxy) is 1. The van der Waals surface area contributed by atoms with Crippen LogP contribution < -0.4 is 14.4 Å². The van der Waals surface area contributed by atoms with E-state index in [1.807, 2.05) is 44.3 Å². The first-order valence-corrected chi connectivity index (χ1v) is 9.12. The Morgan fingerprint density at radius 2 is 2.04 bits per heavy atom. The Hall–Kier alpha value is -2.21. The first kappa shape index (κ1) is 15.7. The minimum Gasteiger partial charge on any atom is -0.489 e. The van der Waals surface area contributed by atoms with Gasteiger partial charge in [-0.05, 0) is 24.6 Å². The number of anilines is 2. The number of rotatable bonds is 4. The first-order valence-electron chi connectivity index (χ1n) is 7.47. The average molecular weight is 332 g/mol. The molecule has 0 fully saturated rings. The lowest BCUT2D eigenvalue weighted by atomic mass is 10.2. The van der Waals surface area contributed by atoms with E-state index >= 15 is 0 Å². The summed E-state index contributed by atoms with van der Waals surface area (Å²) in [7, 11) is -1.47. The summed E-state index contributed by atoms with van der Waals surface area (Å²) in [5.41, 5.74) is 3.30. The van der Waals surface area contributed by atoms with Crippen molar-refractivity contribution in [2.75, 3.05) is 29.8 Å². The molecule has 0 aromatic heterocycles. The van der Waals surface area contributed by atoms with Crippen molar-refractivity contribution in [3.63, 3.8) is 0 Å². The lowest BCUT2D eigenvalue weighted by Gasteiger charge is -2.28. The Labute approximate surface area is 136 Å². The Kier molecular flexibility index (Phi) is 4.17. The van der Waals surface area contributed by atoms with Gasteiger partial charge in [0.1, 0.15) is 12.4 Å². The fourth-order valence-electron chi connectivity index (χ4n) is 2.66. The molecule has 23 heavy (non-hydrogen) atoms. The summed E-state index contributed by atoms with van der Waals surface area (Å²) < 4.78 is 32.9. The molecule has 1 N–H and O–H groups in total. The van der Waals surface area contributed by atoms with E-state index in [2.05, 4.69) is 9.62 Å². The van der Waals surface area contributed by atoms with Gasteiger partial charge in [0.15, 0.2) is 0 Å². The molecule has 2 aromatic rings. The highest BCUT2D eigenvalue weighted by atomic mass is 32.2. The fourth-order valence-corrected chi connectivity index (χ4v) is 3.84. The molecular weight excluding hydrogens is 312 g/mol. The molecule has 1 aliphatic heterocycles. The third-order valence-corrected chi connectivity index (χ3v) is 5.03. The zero-order chi connectivity index (χ0) is 16.4. The second-order valence-electron chi connectivity index (χ2n) is 5.80. The van der Waals surface area contributed by atoms with E-state index in [0.29, 0.717) is 18.0 Å². The quantitative estimate of drug-likeness (QED) is 0.935. The number of benzene rings is 2. The Bertz CT molecular complexity index is 818. The molecule has 0 atom stereocenters. The molecule has 5 nitrogen and oxygen atoms in total. The molecule has 0 saturated heterocycles. The normalized spacial score (nSPS) is 14.1. The number of nitrogens with zero attached hydrogens (tertiary/aromatic N) is 1. The van der Waals surface area contributed by atoms with Crippen molar-refractivity contribution >= 4 is 21.4 Å². The number of hydrogen-bond donors (Lipinski definition) is 1. The van der Waals surface area contributed by atoms with Crippen molar-refractivity contribution in [1.29, 1.82) is 0 Å². The van der Waals surface area contributed by atoms with Crippen LogP contribution in [0.3, 0.4) is 0 Å². The minimum atomic E-state index is -3.46. The zero-order valence-electron chi connectivity index (χ0n) is 13.2. The molecule has 0 aliphatic carbocycles. The van der Waals surface area contributed by atoms with Gasteiger partial charge in [-0.3, -0.25) is 4.72 Å². The summed E-state index contributed by atoms with van der Waals surface area (Å²) in [5.74, 6) is 0.654. The van der Waals surface area contributed by atoms with Gasteiger partial charge in [0, 0.05) is 13.1 Å². The molecule has 0 saturated carbocycles. The number of likely N-dealkylation sites (N-methyl/N-ethyl adjacent to an activating group) is 1. The molecule has 0 bridgehead atoms. The summed E-state index contributed by atoms with van der Waals surface area (Å²) in [5, 5.41) is 0. The molecule has 122 valence electrons. The summed E-state index contributed by atoms with van der Waals surface area (Å²) in [6.45, 7) is 3.37. The standard InChI is InChI=1S/C17H20N2O3S/c1-13-4-3-5-14(10-13)12-23(20,21)18-15-6-7-16-17(11-15)22-9-8-19(16)2/h3-7,10-11,18H,8-9,12H2,1-2H3. The van der Waals surface area contributed by atoms with E-state index in [1.165, 1.54) is 0 Å². The second-order valence-corrected chi connectivity index (χ2v) is 7.53. The van der Waals surface area contributed by atoms with Gasteiger partial charge in [0.05, 0.1) is 23.7 Å². The van der Waals surface area contributed by atoms with Crippen LogP contribution in [0.2, 0.25) is 0 Å². The van der Waals surface area contributed by atoms with Crippen molar-refractivity contribution in [3.05, 3.63) is 53.6 Å². The van der Waals surface area contributed by atoms with Crippen molar-refractivity contribution in [2.24, 2.45) is 0 Å². The van der Waals surface area contributed by atoms with Crippen LogP contribution >= 0.6 is 0 Å². The van der Waals surface area contributed by atoms with Crippen LogP contribution in [-0.2, 0) is 15.8 Å². The molecule has 0 spiro atoms. The largest absolute Gasteiger partial charge is 0.489 e. The topological polar surface area (TPSA) is 58.6 Å². The Morgan fingerprint density at radius 1 is 1.22 bits per heavy atom. The Balaban J connectivity index is 1.78. The third kappa shape index (κ3) is 3.76. The predicted molar refractivity (Wildman–Crippen MR) is 92.6 cm³/mol. The van der Waals surface area contributed by atoms with E-state index < -0.39 is 10.0 Å². The number of fused-ring (bicyclic) bond motifs is 1. The summed E-state index contributed by atoms with van der Waals surface area (Å²) in [4.78, 5) is 2.09. The molecule has 0 amide bonds. The van der Waals surface area contributed by atoms with E-state index in [-0.39, 0.29) is 5.75 Å². The first-order chi connectivity index (χ1) is 10.9. The second kappa shape index (κ2) is 6.12. The fraction of sp³-hybridized carbons (Fsp3) is 0.294. The van der Waals surface area contributed by atoms with Gasteiger partial charge in [0.25, 0.3) is 0 Å². The maximum atomic E-state index is 12.4.